The van der Waals surface area contributed by atoms with Gasteiger partial charge in [-0.25, -0.2) is 0 Å². The predicted molar refractivity (Wildman–Crippen MR) is 118 cm³/mol. The summed E-state index contributed by atoms with van der Waals surface area (Å²) in [6.45, 7) is 0. The minimum atomic E-state index is -0.0409. The molecule has 6 heteroatoms. The van der Waals surface area contributed by atoms with Crippen molar-refractivity contribution in [3.8, 4) is 0 Å². The Morgan fingerprint density at radius 3 is 1.32 bits per heavy atom. The van der Waals surface area contributed by atoms with Crippen LogP contribution in [0.5, 0.6) is 0 Å². The zero-order valence-corrected chi connectivity index (χ0v) is 18.0. The lowest BCUT2D eigenvalue weighted by Crippen LogP contribution is -2.46. The summed E-state index contributed by atoms with van der Waals surface area (Å²) in [6.07, 6.45) is 11.7. The topological polar surface area (TPSA) is 40.6 Å². The Morgan fingerprint density at radius 2 is 0.964 bits per heavy atom. The highest BCUT2D eigenvalue weighted by molar-refractivity contribution is 8.02. The largest absolute Gasteiger partial charge is 0.297 e. The number of carbonyl (C=O) groups is 2. The SMILES string of the molecule is O=C1CSC2(CCCCC2)N1c1ccc(N2C(=O)CSC23CCCCC3)cc1. The molecular weight excluding hydrogens is 388 g/mol. The van der Waals surface area contributed by atoms with Gasteiger partial charge in [-0.3, -0.25) is 19.4 Å². The fraction of sp³-hybridized carbons (Fsp3) is 0.636. The number of amides is 2. The molecule has 0 radical (unpaired) electrons. The quantitative estimate of drug-likeness (QED) is 0.667. The van der Waals surface area contributed by atoms with E-state index in [0.717, 1.165) is 37.1 Å². The third kappa shape index (κ3) is 2.98. The monoisotopic (exact) mass is 416 g/mol. The second kappa shape index (κ2) is 7.28. The van der Waals surface area contributed by atoms with Crippen LogP contribution in [0.1, 0.15) is 64.2 Å². The second-order valence-electron chi connectivity index (χ2n) is 8.57. The van der Waals surface area contributed by atoms with Crippen LogP contribution in [0.15, 0.2) is 24.3 Å². The first kappa shape index (κ1) is 18.9. The van der Waals surface area contributed by atoms with Gasteiger partial charge in [0, 0.05) is 11.4 Å². The molecule has 5 rings (SSSR count). The zero-order chi connectivity index (χ0) is 19.2. The van der Waals surface area contributed by atoms with Gasteiger partial charge < -0.3 is 0 Å². The molecule has 0 aromatic heterocycles. The average Bonchev–Trinajstić information content (AvgIpc) is 3.20. The van der Waals surface area contributed by atoms with E-state index >= 15 is 0 Å². The van der Waals surface area contributed by atoms with Crippen LogP contribution in [0.4, 0.5) is 11.4 Å². The molecule has 4 nitrogen and oxygen atoms in total. The molecule has 2 saturated carbocycles. The van der Waals surface area contributed by atoms with Gasteiger partial charge in [-0.1, -0.05) is 38.5 Å². The van der Waals surface area contributed by atoms with Crippen molar-refractivity contribution in [2.75, 3.05) is 21.3 Å². The van der Waals surface area contributed by atoms with Gasteiger partial charge in [0.2, 0.25) is 11.8 Å². The summed E-state index contributed by atoms with van der Waals surface area (Å²) >= 11 is 3.67. The Hall–Kier alpha value is -1.14. The minimum Gasteiger partial charge on any atom is -0.297 e. The summed E-state index contributed by atoms with van der Waals surface area (Å²) < 4.78 is 0. The molecule has 2 aliphatic heterocycles. The van der Waals surface area contributed by atoms with E-state index in [0.29, 0.717) is 11.5 Å². The summed E-state index contributed by atoms with van der Waals surface area (Å²) in [5, 5.41) is 0. The standard InChI is InChI=1S/C22H28N2O2S2/c25-19-15-27-21(11-3-1-4-12-21)23(19)17-7-9-18(10-8-17)24-20(26)16-28-22(24)13-5-2-6-14-22/h7-10H,1-6,11-16H2. The van der Waals surface area contributed by atoms with Gasteiger partial charge in [0.1, 0.15) is 0 Å². The van der Waals surface area contributed by atoms with Crippen molar-refractivity contribution in [2.24, 2.45) is 0 Å². The second-order valence-corrected chi connectivity index (χ2v) is 11.2. The van der Waals surface area contributed by atoms with E-state index in [2.05, 4.69) is 34.1 Å². The highest BCUT2D eigenvalue weighted by Gasteiger charge is 2.49. The summed E-state index contributed by atoms with van der Waals surface area (Å²) in [5.74, 6) is 1.64. The molecule has 1 aromatic rings. The Labute approximate surface area is 175 Å². The third-order valence-corrected chi connectivity index (χ3v) is 9.92. The highest BCUT2D eigenvalue weighted by Crippen LogP contribution is 2.51. The molecule has 0 bridgehead atoms. The van der Waals surface area contributed by atoms with Crippen molar-refractivity contribution < 1.29 is 9.59 Å². The summed E-state index contributed by atoms with van der Waals surface area (Å²) in [5.41, 5.74) is 2.00. The van der Waals surface area contributed by atoms with Crippen molar-refractivity contribution in [1.29, 1.82) is 0 Å². The normalized spacial score (nSPS) is 26.6. The van der Waals surface area contributed by atoms with Crippen molar-refractivity contribution in [3.63, 3.8) is 0 Å². The molecule has 2 aliphatic carbocycles. The molecule has 0 unspecified atom stereocenters. The van der Waals surface area contributed by atoms with Gasteiger partial charge in [-0.2, -0.15) is 0 Å². The molecule has 2 amide bonds. The molecule has 0 atom stereocenters. The van der Waals surface area contributed by atoms with Crippen LogP contribution >= 0.6 is 23.5 Å². The van der Waals surface area contributed by atoms with Crippen LogP contribution in [0.2, 0.25) is 0 Å². The maximum atomic E-state index is 12.7. The first-order valence-electron chi connectivity index (χ1n) is 10.7. The van der Waals surface area contributed by atoms with E-state index < -0.39 is 0 Å². The van der Waals surface area contributed by atoms with Gasteiger partial charge in [0.05, 0.1) is 21.2 Å². The van der Waals surface area contributed by atoms with Gasteiger partial charge in [-0.05, 0) is 49.9 Å². The van der Waals surface area contributed by atoms with Crippen LogP contribution in [0, 0.1) is 0 Å². The molecule has 0 N–H and O–H groups in total. The maximum Gasteiger partial charge on any atom is 0.238 e. The molecular formula is C22H28N2O2S2. The lowest BCUT2D eigenvalue weighted by Gasteiger charge is -2.41. The number of nitrogens with zero attached hydrogens (tertiary/aromatic N) is 2. The molecule has 28 heavy (non-hydrogen) atoms. The number of thioether (sulfide) groups is 2. The number of benzene rings is 1. The van der Waals surface area contributed by atoms with Crippen molar-refractivity contribution in [1.82, 2.24) is 0 Å². The van der Waals surface area contributed by atoms with Crippen molar-refractivity contribution >= 4 is 46.7 Å². The third-order valence-electron chi connectivity index (χ3n) is 6.88. The zero-order valence-electron chi connectivity index (χ0n) is 16.3. The summed E-state index contributed by atoms with van der Waals surface area (Å²) in [4.78, 5) is 29.5. The molecule has 1 aromatic carbocycles. The highest BCUT2D eigenvalue weighted by atomic mass is 32.2. The first-order valence-corrected chi connectivity index (χ1v) is 12.6. The van der Waals surface area contributed by atoms with Gasteiger partial charge in [0.15, 0.2) is 0 Å². The van der Waals surface area contributed by atoms with Crippen molar-refractivity contribution in [2.45, 2.75) is 74.0 Å². The van der Waals surface area contributed by atoms with E-state index in [1.807, 2.05) is 23.5 Å². The van der Waals surface area contributed by atoms with Crippen LogP contribution in [0.25, 0.3) is 0 Å². The number of carbonyl (C=O) groups excluding carboxylic acids is 2. The Balaban J connectivity index is 1.44. The number of hydrogen-bond acceptors (Lipinski definition) is 4. The fourth-order valence-corrected chi connectivity index (χ4v) is 8.43. The van der Waals surface area contributed by atoms with E-state index in [-0.39, 0.29) is 21.6 Å². The molecule has 4 fully saturated rings. The lowest BCUT2D eigenvalue weighted by molar-refractivity contribution is -0.117. The van der Waals surface area contributed by atoms with Gasteiger partial charge >= 0.3 is 0 Å². The molecule has 4 aliphatic rings. The smallest absolute Gasteiger partial charge is 0.238 e. The van der Waals surface area contributed by atoms with Crippen molar-refractivity contribution in [3.05, 3.63) is 24.3 Å². The fourth-order valence-electron chi connectivity index (χ4n) is 5.56. The van der Waals surface area contributed by atoms with Gasteiger partial charge in [0.25, 0.3) is 0 Å². The van der Waals surface area contributed by atoms with E-state index in [1.165, 1.54) is 38.5 Å². The van der Waals surface area contributed by atoms with Crippen LogP contribution in [-0.2, 0) is 9.59 Å². The Bertz CT molecular complexity index is 702. The molecule has 2 heterocycles. The van der Waals surface area contributed by atoms with E-state index in [1.54, 1.807) is 0 Å². The number of anilines is 2. The maximum absolute atomic E-state index is 12.7. The molecule has 150 valence electrons. The van der Waals surface area contributed by atoms with Crippen LogP contribution < -0.4 is 9.80 Å². The molecule has 2 spiro atoms. The minimum absolute atomic E-state index is 0.0409. The van der Waals surface area contributed by atoms with Crippen LogP contribution in [0.3, 0.4) is 0 Å². The van der Waals surface area contributed by atoms with Crippen LogP contribution in [-0.4, -0.2) is 33.1 Å². The summed E-state index contributed by atoms with van der Waals surface area (Å²) in [6, 6.07) is 8.29. The molecule has 2 saturated heterocycles. The van der Waals surface area contributed by atoms with E-state index in [9.17, 15) is 9.59 Å². The van der Waals surface area contributed by atoms with E-state index in [4.69, 9.17) is 0 Å². The Morgan fingerprint density at radius 1 is 0.607 bits per heavy atom. The lowest BCUT2D eigenvalue weighted by atomic mass is 9.92. The van der Waals surface area contributed by atoms with Gasteiger partial charge in [-0.15, -0.1) is 23.5 Å². The average molecular weight is 417 g/mol. The Kier molecular flexibility index (Phi) is 4.90. The first-order chi connectivity index (χ1) is 13.6. The summed E-state index contributed by atoms with van der Waals surface area (Å²) in [7, 11) is 0. The predicted octanol–water partition coefficient (Wildman–Crippen LogP) is 5.17. The number of rotatable bonds is 2. The number of hydrogen-bond donors (Lipinski definition) is 0.